The summed E-state index contributed by atoms with van der Waals surface area (Å²) in [5.74, 6) is 0.230. The summed E-state index contributed by atoms with van der Waals surface area (Å²) >= 11 is 0. The van der Waals surface area contributed by atoms with Crippen LogP contribution < -0.4 is 10.0 Å². The molecule has 17 heavy (non-hydrogen) atoms. The molecule has 96 valence electrons. The summed E-state index contributed by atoms with van der Waals surface area (Å²) in [5, 5.41) is 6.41. The van der Waals surface area contributed by atoms with E-state index in [0.29, 0.717) is 18.7 Å². The fraction of sp³-hybridized carbons (Fsp3) is 0.700. The summed E-state index contributed by atoms with van der Waals surface area (Å²) in [5.41, 5.74) is 1.43. The molecule has 7 heteroatoms. The second kappa shape index (κ2) is 4.66. The molecule has 1 aromatic rings. The van der Waals surface area contributed by atoms with Crippen molar-refractivity contribution < 1.29 is 12.9 Å². The number of nitrogens with zero attached hydrogens (tertiary/aromatic N) is 1. The number of anilines is 1. The smallest absolute Gasteiger partial charge is 0.241 e. The maximum absolute atomic E-state index is 12.1. The standard InChI is InChI=1S/C10H17N3O3S/c1-7-8(2)12-16-10(7)13-17(14,15)9-4-3-5-11-6-9/h9,11,13H,3-6H2,1-2H3. The highest BCUT2D eigenvalue weighted by Crippen LogP contribution is 2.21. The average molecular weight is 259 g/mol. The van der Waals surface area contributed by atoms with Crippen molar-refractivity contribution >= 4 is 15.9 Å². The third kappa shape index (κ3) is 2.61. The first kappa shape index (κ1) is 12.4. The van der Waals surface area contributed by atoms with Crippen LogP contribution >= 0.6 is 0 Å². The highest BCUT2D eigenvalue weighted by atomic mass is 32.2. The van der Waals surface area contributed by atoms with E-state index in [1.54, 1.807) is 13.8 Å². The predicted molar refractivity (Wildman–Crippen MR) is 64.4 cm³/mol. The van der Waals surface area contributed by atoms with Crippen molar-refractivity contribution in [3.63, 3.8) is 0 Å². The summed E-state index contributed by atoms with van der Waals surface area (Å²) in [6, 6.07) is 0. The molecule has 2 N–H and O–H groups in total. The molecule has 6 nitrogen and oxygen atoms in total. The Labute approximate surface area is 101 Å². The van der Waals surface area contributed by atoms with Crippen LogP contribution in [0.4, 0.5) is 5.88 Å². The highest BCUT2D eigenvalue weighted by molar-refractivity contribution is 7.93. The number of sulfonamides is 1. The van der Waals surface area contributed by atoms with Crippen LogP contribution in [-0.2, 0) is 10.0 Å². The van der Waals surface area contributed by atoms with Gasteiger partial charge in [-0.15, -0.1) is 0 Å². The normalized spacial score (nSPS) is 21.4. The van der Waals surface area contributed by atoms with Gasteiger partial charge in [-0.3, -0.25) is 4.72 Å². The molecule has 0 spiro atoms. The number of piperidine rings is 1. The predicted octanol–water partition coefficient (Wildman–Crippen LogP) is 0.785. The van der Waals surface area contributed by atoms with Crippen LogP contribution in [-0.4, -0.2) is 31.9 Å². The van der Waals surface area contributed by atoms with E-state index in [-0.39, 0.29) is 5.88 Å². The van der Waals surface area contributed by atoms with Crippen LogP contribution in [0.5, 0.6) is 0 Å². The molecule has 0 aliphatic carbocycles. The minimum Gasteiger partial charge on any atom is -0.337 e. The molecule has 1 aliphatic heterocycles. The van der Waals surface area contributed by atoms with Crippen molar-refractivity contribution in [3.8, 4) is 0 Å². The summed E-state index contributed by atoms with van der Waals surface area (Å²) in [6.07, 6.45) is 1.55. The second-order valence-electron chi connectivity index (χ2n) is 4.34. The quantitative estimate of drug-likeness (QED) is 0.838. The summed E-state index contributed by atoms with van der Waals surface area (Å²) in [4.78, 5) is 0. The van der Waals surface area contributed by atoms with E-state index in [1.807, 2.05) is 0 Å². The van der Waals surface area contributed by atoms with E-state index in [1.165, 1.54) is 0 Å². The van der Waals surface area contributed by atoms with Gasteiger partial charge in [0.05, 0.1) is 10.9 Å². The Morgan fingerprint density at radius 3 is 2.76 bits per heavy atom. The van der Waals surface area contributed by atoms with Gasteiger partial charge in [-0.25, -0.2) is 8.42 Å². The molecule has 1 saturated heterocycles. The van der Waals surface area contributed by atoms with Crippen molar-refractivity contribution in [3.05, 3.63) is 11.3 Å². The molecule has 1 aromatic heterocycles. The van der Waals surface area contributed by atoms with E-state index in [9.17, 15) is 8.42 Å². The van der Waals surface area contributed by atoms with E-state index < -0.39 is 15.3 Å². The number of nitrogens with one attached hydrogen (secondary N) is 2. The van der Waals surface area contributed by atoms with E-state index in [4.69, 9.17) is 4.52 Å². The van der Waals surface area contributed by atoms with Crippen LogP contribution in [0, 0.1) is 13.8 Å². The third-order valence-corrected chi connectivity index (χ3v) is 4.83. The third-order valence-electron chi connectivity index (χ3n) is 3.08. The molecule has 0 amide bonds. The lowest BCUT2D eigenvalue weighted by Crippen LogP contribution is -2.41. The van der Waals surface area contributed by atoms with Crippen LogP contribution in [0.3, 0.4) is 0 Å². The van der Waals surface area contributed by atoms with Gasteiger partial charge in [-0.1, -0.05) is 5.16 Å². The molecule has 1 atom stereocenters. The van der Waals surface area contributed by atoms with E-state index in [0.717, 1.165) is 18.5 Å². The summed E-state index contributed by atoms with van der Waals surface area (Å²) in [7, 11) is -3.39. The van der Waals surface area contributed by atoms with Gasteiger partial charge >= 0.3 is 0 Å². The molecule has 1 unspecified atom stereocenters. The van der Waals surface area contributed by atoms with Gasteiger partial charge in [0.15, 0.2) is 0 Å². The molecule has 2 rings (SSSR count). The zero-order valence-electron chi connectivity index (χ0n) is 9.99. The summed E-state index contributed by atoms with van der Waals surface area (Å²) in [6.45, 7) is 4.93. The Kier molecular flexibility index (Phi) is 3.39. The van der Waals surface area contributed by atoms with Gasteiger partial charge in [0.2, 0.25) is 15.9 Å². The first-order valence-electron chi connectivity index (χ1n) is 5.66. The zero-order valence-corrected chi connectivity index (χ0v) is 10.8. The molecule has 0 radical (unpaired) electrons. The number of hydrogen-bond acceptors (Lipinski definition) is 5. The minimum absolute atomic E-state index is 0.230. The lowest BCUT2D eigenvalue weighted by molar-refractivity contribution is 0.429. The molecular weight excluding hydrogens is 242 g/mol. The zero-order chi connectivity index (χ0) is 12.5. The fourth-order valence-electron chi connectivity index (χ4n) is 1.81. The maximum Gasteiger partial charge on any atom is 0.241 e. The molecule has 1 fully saturated rings. The van der Waals surface area contributed by atoms with Crippen molar-refractivity contribution in [2.24, 2.45) is 0 Å². The van der Waals surface area contributed by atoms with Crippen molar-refractivity contribution in [2.45, 2.75) is 31.9 Å². The molecule has 2 heterocycles. The number of rotatable bonds is 3. The Morgan fingerprint density at radius 2 is 2.24 bits per heavy atom. The van der Waals surface area contributed by atoms with E-state index >= 15 is 0 Å². The van der Waals surface area contributed by atoms with Crippen LogP contribution in [0.25, 0.3) is 0 Å². The van der Waals surface area contributed by atoms with Crippen LogP contribution in [0.2, 0.25) is 0 Å². The Morgan fingerprint density at radius 1 is 1.47 bits per heavy atom. The Hall–Kier alpha value is -1.08. The number of aryl methyl sites for hydroxylation is 1. The van der Waals surface area contributed by atoms with Gasteiger partial charge in [-0.05, 0) is 33.2 Å². The van der Waals surface area contributed by atoms with Gasteiger partial charge in [0.25, 0.3) is 0 Å². The minimum atomic E-state index is -3.39. The largest absolute Gasteiger partial charge is 0.337 e. The second-order valence-corrected chi connectivity index (χ2v) is 6.30. The summed E-state index contributed by atoms with van der Waals surface area (Å²) < 4.78 is 31.6. The van der Waals surface area contributed by atoms with Crippen molar-refractivity contribution in [2.75, 3.05) is 17.8 Å². The molecule has 0 bridgehead atoms. The Bertz CT molecular complexity index is 489. The van der Waals surface area contributed by atoms with Gasteiger partial charge in [-0.2, -0.15) is 0 Å². The first-order valence-corrected chi connectivity index (χ1v) is 7.20. The highest BCUT2D eigenvalue weighted by Gasteiger charge is 2.28. The lowest BCUT2D eigenvalue weighted by atomic mass is 10.2. The van der Waals surface area contributed by atoms with Crippen LogP contribution in [0.15, 0.2) is 4.52 Å². The molecular formula is C10H17N3O3S. The van der Waals surface area contributed by atoms with Crippen molar-refractivity contribution in [1.29, 1.82) is 0 Å². The van der Waals surface area contributed by atoms with Crippen molar-refractivity contribution in [1.82, 2.24) is 10.5 Å². The molecule has 0 saturated carbocycles. The molecule has 1 aliphatic rings. The topological polar surface area (TPSA) is 84.2 Å². The Balaban J connectivity index is 2.14. The monoisotopic (exact) mass is 259 g/mol. The number of aromatic nitrogens is 1. The lowest BCUT2D eigenvalue weighted by Gasteiger charge is -2.22. The molecule has 0 aromatic carbocycles. The van der Waals surface area contributed by atoms with Gasteiger partial charge in [0, 0.05) is 12.1 Å². The van der Waals surface area contributed by atoms with Crippen LogP contribution in [0.1, 0.15) is 24.1 Å². The first-order chi connectivity index (χ1) is 8.00. The SMILES string of the molecule is Cc1noc(NS(=O)(=O)C2CCCNC2)c1C. The average Bonchev–Trinajstić information content (AvgIpc) is 2.62. The maximum atomic E-state index is 12.1. The fourth-order valence-corrected chi connectivity index (χ4v) is 3.24. The van der Waals surface area contributed by atoms with E-state index in [2.05, 4.69) is 15.2 Å². The number of hydrogen-bond donors (Lipinski definition) is 2. The van der Waals surface area contributed by atoms with Gasteiger partial charge < -0.3 is 9.84 Å². The van der Waals surface area contributed by atoms with Gasteiger partial charge in [0.1, 0.15) is 0 Å².